The third-order valence-corrected chi connectivity index (χ3v) is 6.73. The summed E-state index contributed by atoms with van der Waals surface area (Å²) in [6.07, 6.45) is -6.11. The van der Waals surface area contributed by atoms with Crippen LogP contribution in [-0.2, 0) is 11.2 Å². The second kappa shape index (κ2) is 9.46. The fourth-order valence-electron chi connectivity index (χ4n) is 3.84. The summed E-state index contributed by atoms with van der Waals surface area (Å²) >= 11 is 1.49. The Hall–Kier alpha value is -2.64. The van der Waals surface area contributed by atoms with E-state index in [1.165, 1.54) is 23.5 Å². The van der Waals surface area contributed by atoms with E-state index in [1.54, 1.807) is 18.2 Å². The van der Waals surface area contributed by atoms with Gasteiger partial charge in [-0.15, -0.1) is 11.3 Å². The molecule has 166 valence electrons. The molecule has 0 spiro atoms. The highest BCUT2D eigenvalue weighted by Crippen LogP contribution is 2.34. The predicted octanol–water partition coefficient (Wildman–Crippen LogP) is 2.53. The molecule has 8 heteroatoms. The summed E-state index contributed by atoms with van der Waals surface area (Å²) in [5.74, 6) is -0.417. The van der Waals surface area contributed by atoms with Crippen LogP contribution in [0.3, 0.4) is 0 Å². The molecule has 2 heterocycles. The van der Waals surface area contributed by atoms with E-state index < -0.39 is 42.9 Å². The first-order valence-corrected chi connectivity index (χ1v) is 10.9. The van der Waals surface area contributed by atoms with E-state index in [2.05, 4.69) is 6.07 Å². The molecule has 4 rings (SSSR count). The van der Waals surface area contributed by atoms with E-state index in [1.807, 2.05) is 24.3 Å². The molecule has 1 aromatic heterocycles. The summed E-state index contributed by atoms with van der Waals surface area (Å²) in [7, 11) is 0. The molecule has 0 aliphatic carbocycles. The van der Waals surface area contributed by atoms with E-state index in [-0.39, 0.29) is 0 Å². The van der Waals surface area contributed by atoms with Crippen molar-refractivity contribution in [1.29, 1.82) is 5.26 Å². The van der Waals surface area contributed by atoms with Gasteiger partial charge in [0.05, 0.1) is 18.2 Å². The van der Waals surface area contributed by atoms with Crippen LogP contribution in [0.4, 0.5) is 4.39 Å². The van der Waals surface area contributed by atoms with Gasteiger partial charge in [-0.3, -0.25) is 0 Å². The first-order valence-electron chi connectivity index (χ1n) is 10.1. The van der Waals surface area contributed by atoms with Crippen molar-refractivity contribution < 1.29 is 29.6 Å². The minimum absolute atomic E-state index is 0.305. The molecule has 3 aromatic rings. The van der Waals surface area contributed by atoms with E-state index in [0.29, 0.717) is 23.1 Å². The monoisotopic (exact) mass is 455 g/mol. The van der Waals surface area contributed by atoms with Crippen LogP contribution >= 0.6 is 11.3 Å². The number of halogens is 1. The molecule has 4 N–H and O–H groups in total. The minimum atomic E-state index is -1.50. The SMILES string of the molecule is N#Cc1cccc(-c2ccc(Cc3cc([C@@H]4O[C@H](CO)[C@@H](O)[C@H](O)[C@H]4O)ccc3F)s2)c1. The zero-order valence-electron chi connectivity index (χ0n) is 16.9. The van der Waals surface area contributed by atoms with Crippen molar-refractivity contribution in [3.63, 3.8) is 0 Å². The van der Waals surface area contributed by atoms with Crippen molar-refractivity contribution in [3.05, 3.63) is 82.0 Å². The summed E-state index contributed by atoms with van der Waals surface area (Å²) in [5, 5.41) is 48.9. The average Bonchev–Trinajstić information content (AvgIpc) is 3.28. The molecule has 32 heavy (non-hydrogen) atoms. The molecule has 0 amide bonds. The van der Waals surface area contributed by atoms with Crippen molar-refractivity contribution in [2.45, 2.75) is 36.9 Å². The summed E-state index contributed by atoms with van der Waals surface area (Å²) in [6, 6.07) is 17.5. The van der Waals surface area contributed by atoms with Gasteiger partial charge < -0.3 is 25.2 Å². The number of hydrogen-bond acceptors (Lipinski definition) is 7. The van der Waals surface area contributed by atoms with Gasteiger partial charge >= 0.3 is 0 Å². The lowest BCUT2D eigenvalue weighted by Gasteiger charge is -2.40. The number of nitriles is 1. The number of hydrogen-bond donors (Lipinski definition) is 4. The summed E-state index contributed by atoms with van der Waals surface area (Å²) < 4.78 is 20.2. The second-order valence-electron chi connectivity index (χ2n) is 7.74. The molecule has 1 fully saturated rings. The van der Waals surface area contributed by atoms with Crippen LogP contribution in [0, 0.1) is 17.1 Å². The van der Waals surface area contributed by atoms with E-state index >= 15 is 0 Å². The molecule has 0 unspecified atom stereocenters. The van der Waals surface area contributed by atoms with Crippen LogP contribution in [0.15, 0.2) is 54.6 Å². The van der Waals surface area contributed by atoms with Gasteiger partial charge in [-0.1, -0.05) is 18.2 Å². The lowest BCUT2D eigenvalue weighted by molar-refractivity contribution is -0.231. The number of aliphatic hydroxyl groups excluding tert-OH is 4. The smallest absolute Gasteiger partial charge is 0.126 e. The zero-order chi connectivity index (χ0) is 22.8. The van der Waals surface area contributed by atoms with Gasteiger partial charge in [-0.05, 0) is 53.1 Å². The van der Waals surface area contributed by atoms with Crippen LogP contribution in [0.1, 0.15) is 27.7 Å². The van der Waals surface area contributed by atoms with Crippen LogP contribution < -0.4 is 0 Å². The van der Waals surface area contributed by atoms with Crippen LogP contribution in [0.25, 0.3) is 10.4 Å². The molecule has 1 aliphatic heterocycles. The normalized spacial score (nSPS) is 25.4. The molecule has 0 saturated carbocycles. The summed E-state index contributed by atoms with van der Waals surface area (Å²) in [4.78, 5) is 1.87. The topological polar surface area (TPSA) is 114 Å². The number of nitrogens with zero attached hydrogens (tertiary/aromatic N) is 1. The van der Waals surface area contributed by atoms with Gasteiger partial charge in [0.25, 0.3) is 0 Å². The second-order valence-corrected chi connectivity index (χ2v) is 8.90. The lowest BCUT2D eigenvalue weighted by atomic mass is 9.90. The van der Waals surface area contributed by atoms with Crippen molar-refractivity contribution >= 4 is 11.3 Å². The molecule has 0 bridgehead atoms. The Labute approximate surface area is 188 Å². The average molecular weight is 456 g/mol. The maximum Gasteiger partial charge on any atom is 0.126 e. The Morgan fingerprint density at radius 3 is 2.56 bits per heavy atom. The highest BCUT2D eigenvalue weighted by atomic mass is 32.1. The Bertz CT molecular complexity index is 1140. The number of rotatable bonds is 5. The minimum Gasteiger partial charge on any atom is -0.394 e. The molecule has 0 radical (unpaired) electrons. The molecule has 5 atom stereocenters. The van der Waals surface area contributed by atoms with Crippen molar-refractivity contribution in [2.75, 3.05) is 6.61 Å². The molecular weight excluding hydrogens is 433 g/mol. The zero-order valence-corrected chi connectivity index (χ0v) is 17.7. The Morgan fingerprint density at radius 1 is 1.00 bits per heavy atom. The first-order chi connectivity index (χ1) is 15.4. The van der Waals surface area contributed by atoms with Crippen molar-refractivity contribution in [2.24, 2.45) is 0 Å². The van der Waals surface area contributed by atoms with Gasteiger partial charge in [0.2, 0.25) is 0 Å². The Morgan fingerprint density at radius 2 is 1.81 bits per heavy atom. The van der Waals surface area contributed by atoms with Gasteiger partial charge in [0.1, 0.15) is 36.3 Å². The van der Waals surface area contributed by atoms with Crippen molar-refractivity contribution in [3.8, 4) is 16.5 Å². The van der Waals surface area contributed by atoms with Crippen LogP contribution in [0.5, 0.6) is 0 Å². The maximum absolute atomic E-state index is 14.6. The number of benzene rings is 2. The molecule has 1 saturated heterocycles. The molecular formula is C24H22FNO5S. The molecule has 1 aliphatic rings. The lowest BCUT2D eigenvalue weighted by Crippen LogP contribution is -2.55. The third-order valence-electron chi connectivity index (χ3n) is 5.59. The summed E-state index contributed by atoms with van der Waals surface area (Å²) in [5.41, 5.74) is 2.31. The fourth-order valence-corrected chi connectivity index (χ4v) is 4.87. The number of thiophene rings is 1. The van der Waals surface area contributed by atoms with E-state index in [0.717, 1.165) is 15.3 Å². The van der Waals surface area contributed by atoms with Gasteiger partial charge in [-0.25, -0.2) is 4.39 Å². The molecule has 2 aromatic carbocycles. The number of aliphatic hydroxyl groups is 4. The Kier molecular flexibility index (Phi) is 6.67. The molecule has 6 nitrogen and oxygen atoms in total. The summed E-state index contributed by atoms with van der Waals surface area (Å²) in [6.45, 7) is -0.527. The maximum atomic E-state index is 14.6. The highest BCUT2D eigenvalue weighted by molar-refractivity contribution is 7.15. The van der Waals surface area contributed by atoms with Gasteiger partial charge in [0, 0.05) is 16.2 Å². The van der Waals surface area contributed by atoms with Crippen molar-refractivity contribution in [1.82, 2.24) is 0 Å². The fraction of sp³-hybridized carbons (Fsp3) is 0.292. The van der Waals surface area contributed by atoms with Gasteiger partial charge in [0.15, 0.2) is 0 Å². The standard InChI is InChI=1S/C24H22FNO5S/c25-18-6-4-15(24-23(30)22(29)21(28)19(12-27)31-24)9-16(18)10-17-5-7-20(32-17)14-3-1-2-13(8-14)11-26/h1-9,19,21-24,27-30H,10,12H2/t19-,21-,22+,23-,24+/m1/s1. The van der Waals surface area contributed by atoms with Crippen LogP contribution in [-0.4, -0.2) is 51.4 Å². The highest BCUT2D eigenvalue weighted by Gasteiger charge is 2.44. The first kappa shape index (κ1) is 22.6. The van der Waals surface area contributed by atoms with Crippen LogP contribution in [0.2, 0.25) is 0 Å². The van der Waals surface area contributed by atoms with E-state index in [4.69, 9.17) is 10.00 Å². The predicted molar refractivity (Wildman–Crippen MR) is 116 cm³/mol. The van der Waals surface area contributed by atoms with E-state index in [9.17, 15) is 24.8 Å². The van der Waals surface area contributed by atoms with Gasteiger partial charge in [-0.2, -0.15) is 5.26 Å². The number of ether oxygens (including phenoxy) is 1. The quantitative estimate of drug-likeness (QED) is 0.470. The largest absolute Gasteiger partial charge is 0.394 e. The third kappa shape index (κ3) is 4.45. The Balaban J connectivity index is 1.58.